The van der Waals surface area contributed by atoms with Crippen LogP contribution in [0.15, 0.2) is 48.5 Å². The number of hydrogen-bond acceptors (Lipinski definition) is 3. The van der Waals surface area contributed by atoms with Gasteiger partial charge in [0.2, 0.25) is 5.91 Å². The first-order valence-corrected chi connectivity index (χ1v) is 8.39. The lowest BCUT2D eigenvalue weighted by molar-refractivity contribution is -0.126. The molecule has 1 amide bonds. The van der Waals surface area contributed by atoms with Crippen molar-refractivity contribution >= 4 is 5.91 Å². The Bertz CT molecular complexity index is 697. The number of nitrogens with zero attached hydrogens (tertiary/aromatic N) is 1. The lowest BCUT2D eigenvalue weighted by atomic mass is 9.99. The maximum Gasteiger partial charge on any atom is 0.237 e. The Balaban J connectivity index is 1.55. The van der Waals surface area contributed by atoms with Crippen LogP contribution in [0.2, 0.25) is 0 Å². The normalized spacial score (nSPS) is 15.4. The molecule has 0 saturated carbocycles. The van der Waals surface area contributed by atoms with Gasteiger partial charge in [-0.15, -0.1) is 0 Å². The van der Waals surface area contributed by atoms with Crippen molar-refractivity contribution in [1.82, 2.24) is 10.2 Å². The lowest BCUT2D eigenvalue weighted by Gasteiger charge is -2.32. The molecule has 0 unspecified atom stereocenters. The number of carbonyl (C=O) groups is 1. The van der Waals surface area contributed by atoms with Gasteiger partial charge in [0.05, 0.1) is 13.2 Å². The van der Waals surface area contributed by atoms with Crippen molar-refractivity contribution < 1.29 is 9.53 Å². The zero-order chi connectivity index (χ0) is 16.9. The maximum absolute atomic E-state index is 12.5. The molecular formula is C20H24N2O2. The molecule has 2 aromatic carbocycles. The van der Waals surface area contributed by atoms with Crippen LogP contribution in [0.3, 0.4) is 0 Å². The van der Waals surface area contributed by atoms with Crippen LogP contribution in [0.4, 0.5) is 0 Å². The van der Waals surface area contributed by atoms with Gasteiger partial charge in [0.25, 0.3) is 0 Å². The fraction of sp³-hybridized carbons (Fsp3) is 0.350. The molecular weight excluding hydrogens is 300 g/mol. The molecule has 0 saturated heterocycles. The number of amides is 1. The summed E-state index contributed by atoms with van der Waals surface area (Å²) in [6, 6.07) is 16.1. The van der Waals surface area contributed by atoms with E-state index in [1.54, 1.807) is 7.11 Å². The van der Waals surface area contributed by atoms with E-state index in [0.29, 0.717) is 6.54 Å². The van der Waals surface area contributed by atoms with Crippen molar-refractivity contribution in [1.29, 1.82) is 0 Å². The number of carbonyl (C=O) groups excluding carboxylic acids is 1. The molecule has 4 heteroatoms. The third-order valence-corrected chi connectivity index (χ3v) is 4.71. The molecule has 0 spiro atoms. The van der Waals surface area contributed by atoms with Crippen molar-refractivity contribution in [3.05, 3.63) is 65.2 Å². The van der Waals surface area contributed by atoms with Gasteiger partial charge in [-0.05, 0) is 42.2 Å². The number of rotatable bonds is 5. The molecule has 24 heavy (non-hydrogen) atoms. The molecule has 1 N–H and O–H groups in total. The Labute approximate surface area is 143 Å². The Morgan fingerprint density at radius 2 is 1.88 bits per heavy atom. The lowest BCUT2D eigenvalue weighted by Crippen LogP contribution is -2.46. The highest BCUT2D eigenvalue weighted by molar-refractivity contribution is 5.81. The molecule has 0 aliphatic carbocycles. The monoisotopic (exact) mass is 324 g/mol. The summed E-state index contributed by atoms with van der Waals surface area (Å²) in [5, 5.41) is 3.04. The number of nitrogens with one attached hydrogen (secondary N) is 1. The van der Waals surface area contributed by atoms with E-state index in [-0.39, 0.29) is 11.9 Å². The molecule has 126 valence electrons. The fourth-order valence-corrected chi connectivity index (χ4v) is 3.09. The van der Waals surface area contributed by atoms with E-state index in [2.05, 4.69) is 34.5 Å². The van der Waals surface area contributed by atoms with Crippen molar-refractivity contribution in [2.24, 2.45) is 0 Å². The molecule has 0 aromatic heterocycles. The summed E-state index contributed by atoms with van der Waals surface area (Å²) in [6.07, 6.45) is 1.01. The van der Waals surface area contributed by atoms with Crippen LogP contribution in [0.1, 0.15) is 23.6 Å². The molecule has 0 radical (unpaired) electrons. The van der Waals surface area contributed by atoms with Crippen LogP contribution in [-0.4, -0.2) is 30.5 Å². The van der Waals surface area contributed by atoms with Crippen molar-refractivity contribution in [3.8, 4) is 5.75 Å². The number of ether oxygens (including phenoxy) is 1. The Morgan fingerprint density at radius 1 is 1.17 bits per heavy atom. The Hall–Kier alpha value is -2.33. The molecule has 1 aliphatic rings. The highest BCUT2D eigenvalue weighted by Gasteiger charge is 2.24. The number of benzene rings is 2. The van der Waals surface area contributed by atoms with E-state index >= 15 is 0 Å². The zero-order valence-corrected chi connectivity index (χ0v) is 14.3. The van der Waals surface area contributed by atoms with Gasteiger partial charge in [0.1, 0.15) is 5.75 Å². The highest BCUT2D eigenvalue weighted by atomic mass is 16.5. The second kappa shape index (κ2) is 7.49. The van der Waals surface area contributed by atoms with E-state index < -0.39 is 0 Å². The Kier molecular flexibility index (Phi) is 5.16. The van der Waals surface area contributed by atoms with E-state index in [1.807, 2.05) is 31.2 Å². The standard InChI is InChI=1S/C20H24N2O2/c1-15(22-12-11-17-5-3-4-6-18(17)14-22)20(23)21-13-16-7-9-19(24-2)10-8-16/h3-10,15H,11-14H2,1-2H3,(H,21,23)/t15-/m1/s1. The minimum atomic E-state index is -0.128. The summed E-state index contributed by atoms with van der Waals surface area (Å²) >= 11 is 0. The van der Waals surface area contributed by atoms with E-state index in [4.69, 9.17) is 4.74 Å². The van der Waals surface area contributed by atoms with Crippen LogP contribution >= 0.6 is 0 Å². The summed E-state index contributed by atoms with van der Waals surface area (Å²) in [4.78, 5) is 14.7. The van der Waals surface area contributed by atoms with Gasteiger partial charge in [0.15, 0.2) is 0 Å². The fourth-order valence-electron chi connectivity index (χ4n) is 3.09. The van der Waals surface area contributed by atoms with Gasteiger partial charge in [-0.1, -0.05) is 36.4 Å². The van der Waals surface area contributed by atoms with Crippen LogP contribution < -0.4 is 10.1 Å². The highest BCUT2D eigenvalue weighted by Crippen LogP contribution is 2.20. The molecule has 0 bridgehead atoms. The molecule has 1 atom stereocenters. The van der Waals surface area contributed by atoms with Crippen molar-refractivity contribution in [2.45, 2.75) is 32.5 Å². The summed E-state index contributed by atoms with van der Waals surface area (Å²) < 4.78 is 5.15. The second-order valence-electron chi connectivity index (χ2n) is 6.23. The van der Waals surface area contributed by atoms with Gasteiger partial charge in [-0.3, -0.25) is 9.69 Å². The number of hydrogen-bond donors (Lipinski definition) is 1. The maximum atomic E-state index is 12.5. The van der Waals surface area contributed by atoms with Crippen LogP contribution in [0, 0.1) is 0 Å². The SMILES string of the molecule is COc1ccc(CNC(=O)[C@@H](C)N2CCc3ccccc3C2)cc1. The molecule has 0 fully saturated rings. The van der Waals surface area contributed by atoms with Gasteiger partial charge in [-0.25, -0.2) is 0 Å². The molecule has 3 rings (SSSR count). The van der Waals surface area contributed by atoms with Gasteiger partial charge < -0.3 is 10.1 Å². The molecule has 4 nitrogen and oxygen atoms in total. The van der Waals surface area contributed by atoms with Gasteiger partial charge in [-0.2, -0.15) is 0 Å². The predicted molar refractivity (Wildman–Crippen MR) is 94.9 cm³/mol. The number of methoxy groups -OCH3 is 1. The first kappa shape index (κ1) is 16.5. The topological polar surface area (TPSA) is 41.6 Å². The van der Waals surface area contributed by atoms with Gasteiger partial charge in [0, 0.05) is 19.6 Å². The third kappa shape index (κ3) is 3.77. The average molecular weight is 324 g/mol. The van der Waals surface area contributed by atoms with Crippen molar-refractivity contribution in [3.63, 3.8) is 0 Å². The summed E-state index contributed by atoms with van der Waals surface area (Å²) in [6.45, 7) is 4.29. The first-order chi connectivity index (χ1) is 11.7. The first-order valence-electron chi connectivity index (χ1n) is 8.39. The largest absolute Gasteiger partial charge is 0.497 e. The van der Waals surface area contributed by atoms with Crippen LogP contribution in [-0.2, 0) is 24.3 Å². The van der Waals surface area contributed by atoms with E-state index in [9.17, 15) is 4.79 Å². The smallest absolute Gasteiger partial charge is 0.237 e. The zero-order valence-electron chi connectivity index (χ0n) is 14.3. The minimum Gasteiger partial charge on any atom is -0.497 e. The Morgan fingerprint density at radius 3 is 2.58 bits per heavy atom. The summed E-state index contributed by atoms with van der Waals surface area (Å²) in [5.41, 5.74) is 3.80. The number of fused-ring (bicyclic) bond motifs is 1. The van der Waals surface area contributed by atoms with E-state index in [1.165, 1.54) is 11.1 Å². The second-order valence-corrected chi connectivity index (χ2v) is 6.23. The van der Waals surface area contributed by atoms with Gasteiger partial charge >= 0.3 is 0 Å². The molecule has 1 aliphatic heterocycles. The molecule has 2 aromatic rings. The predicted octanol–water partition coefficient (Wildman–Crippen LogP) is 2.76. The molecule has 1 heterocycles. The summed E-state index contributed by atoms with van der Waals surface area (Å²) in [7, 11) is 1.65. The third-order valence-electron chi connectivity index (χ3n) is 4.71. The average Bonchev–Trinajstić information content (AvgIpc) is 2.65. The summed E-state index contributed by atoms with van der Waals surface area (Å²) in [5.74, 6) is 0.899. The van der Waals surface area contributed by atoms with Crippen LogP contribution in [0.25, 0.3) is 0 Å². The van der Waals surface area contributed by atoms with Crippen LogP contribution in [0.5, 0.6) is 5.75 Å². The van der Waals surface area contributed by atoms with E-state index in [0.717, 1.165) is 30.8 Å². The van der Waals surface area contributed by atoms with Crippen molar-refractivity contribution in [2.75, 3.05) is 13.7 Å². The minimum absolute atomic E-state index is 0.0743. The quantitative estimate of drug-likeness (QED) is 0.919.